The minimum atomic E-state index is 0.320. The third-order valence-electron chi connectivity index (χ3n) is 5.58. The molecule has 2 fully saturated rings. The lowest BCUT2D eigenvalue weighted by molar-refractivity contribution is -0.125. The average Bonchev–Trinajstić information content (AvgIpc) is 3.20. The summed E-state index contributed by atoms with van der Waals surface area (Å²) in [4.78, 5) is 4.39. The van der Waals surface area contributed by atoms with Crippen molar-refractivity contribution in [3.8, 4) is 0 Å². The fourth-order valence-corrected chi connectivity index (χ4v) is 4.20. The molecule has 23 heavy (non-hydrogen) atoms. The van der Waals surface area contributed by atoms with Gasteiger partial charge in [-0.1, -0.05) is 12.8 Å². The van der Waals surface area contributed by atoms with E-state index in [1.165, 1.54) is 25.7 Å². The van der Waals surface area contributed by atoms with Gasteiger partial charge in [-0.2, -0.15) is 5.10 Å². The molecule has 0 saturated heterocycles. The van der Waals surface area contributed by atoms with E-state index < -0.39 is 0 Å². The number of nitrogens with zero attached hydrogens (tertiary/aromatic N) is 3. The Morgan fingerprint density at radius 1 is 1.48 bits per heavy atom. The SMILES string of the molecule is CCOC1CC(NC(=NC)NCc2ccnn2C)C12CCCC2. The van der Waals surface area contributed by atoms with Crippen LogP contribution in [0.25, 0.3) is 0 Å². The molecule has 1 spiro atoms. The molecule has 2 saturated carbocycles. The molecule has 3 rings (SSSR count). The molecule has 2 aliphatic rings. The maximum atomic E-state index is 5.98. The Kier molecular flexibility index (Phi) is 4.90. The van der Waals surface area contributed by atoms with Crippen LogP contribution in [-0.2, 0) is 18.3 Å². The molecule has 0 radical (unpaired) electrons. The van der Waals surface area contributed by atoms with Gasteiger partial charge in [-0.05, 0) is 32.3 Å². The van der Waals surface area contributed by atoms with Crippen LogP contribution in [0.3, 0.4) is 0 Å². The van der Waals surface area contributed by atoms with Gasteiger partial charge >= 0.3 is 0 Å². The number of rotatable bonds is 5. The number of hydrogen-bond acceptors (Lipinski definition) is 3. The maximum Gasteiger partial charge on any atom is 0.191 e. The van der Waals surface area contributed by atoms with Gasteiger partial charge in [0, 0.05) is 38.4 Å². The predicted molar refractivity (Wildman–Crippen MR) is 91.3 cm³/mol. The van der Waals surface area contributed by atoms with Crippen LogP contribution in [-0.4, -0.2) is 41.5 Å². The first-order valence-corrected chi connectivity index (χ1v) is 8.75. The van der Waals surface area contributed by atoms with E-state index in [2.05, 4.69) is 27.6 Å². The first-order valence-electron chi connectivity index (χ1n) is 8.75. The van der Waals surface area contributed by atoms with Crippen LogP contribution < -0.4 is 10.6 Å². The summed E-state index contributed by atoms with van der Waals surface area (Å²) in [6.07, 6.45) is 8.51. The van der Waals surface area contributed by atoms with Crippen molar-refractivity contribution in [1.29, 1.82) is 0 Å². The van der Waals surface area contributed by atoms with Gasteiger partial charge in [-0.25, -0.2) is 0 Å². The lowest BCUT2D eigenvalue weighted by Gasteiger charge is -2.54. The van der Waals surface area contributed by atoms with Crippen LogP contribution in [0, 0.1) is 5.41 Å². The van der Waals surface area contributed by atoms with Crippen LogP contribution >= 0.6 is 0 Å². The summed E-state index contributed by atoms with van der Waals surface area (Å²) in [6, 6.07) is 2.49. The Hall–Kier alpha value is -1.56. The van der Waals surface area contributed by atoms with E-state index in [1.807, 2.05) is 31.0 Å². The van der Waals surface area contributed by atoms with Crippen LogP contribution in [0.15, 0.2) is 17.3 Å². The van der Waals surface area contributed by atoms with Gasteiger partial charge in [-0.3, -0.25) is 9.67 Å². The van der Waals surface area contributed by atoms with E-state index in [-0.39, 0.29) is 0 Å². The zero-order valence-corrected chi connectivity index (χ0v) is 14.5. The van der Waals surface area contributed by atoms with E-state index in [1.54, 1.807) is 0 Å². The molecular weight excluding hydrogens is 290 g/mol. The van der Waals surface area contributed by atoms with E-state index in [0.717, 1.165) is 31.2 Å². The van der Waals surface area contributed by atoms with Crippen LogP contribution in [0.2, 0.25) is 0 Å². The molecule has 1 aromatic heterocycles. The molecule has 2 atom stereocenters. The fourth-order valence-electron chi connectivity index (χ4n) is 4.20. The van der Waals surface area contributed by atoms with Crippen molar-refractivity contribution in [3.63, 3.8) is 0 Å². The third-order valence-corrected chi connectivity index (χ3v) is 5.58. The molecule has 6 heteroatoms. The number of ether oxygens (including phenoxy) is 1. The number of aromatic nitrogens is 2. The molecule has 0 amide bonds. The second-order valence-corrected chi connectivity index (χ2v) is 6.69. The summed E-state index contributed by atoms with van der Waals surface area (Å²) in [5, 5.41) is 11.2. The van der Waals surface area contributed by atoms with Gasteiger partial charge in [0.2, 0.25) is 0 Å². The Morgan fingerprint density at radius 2 is 2.26 bits per heavy atom. The summed E-state index contributed by atoms with van der Waals surface area (Å²) >= 11 is 0. The van der Waals surface area contributed by atoms with Gasteiger partial charge in [0.15, 0.2) is 5.96 Å². The Bertz CT molecular complexity index is 547. The Balaban J connectivity index is 1.58. The van der Waals surface area contributed by atoms with Crippen molar-refractivity contribution < 1.29 is 4.74 Å². The second-order valence-electron chi connectivity index (χ2n) is 6.69. The molecule has 6 nitrogen and oxygen atoms in total. The summed E-state index contributed by atoms with van der Waals surface area (Å²) in [7, 11) is 3.79. The lowest BCUT2D eigenvalue weighted by Crippen LogP contribution is -2.65. The minimum absolute atomic E-state index is 0.320. The third kappa shape index (κ3) is 3.09. The highest BCUT2D eigenvalue weighted by Gasteiger charge is 2.56. The zero-order valence-electron chi connectivity index (χ0n) is 14.5. The number of hydrogen-bond donors (Lipinski definition) is 2. The van der Waals surface area contributed by atoms with Crippen molar-refractivity contribution in [2.24, 2.45) is 17.5 Å². The Labute approximate surface area is 138 Å². The molecule has 0 aromatic carbocycles. The highest BCUT2D eigenvalue weighted by atomic mass is 16.5. The highest BCUT2D eigenvalue weighted by Crippen LogP contribution is 2.54. The molecule has 0 bridgehead atoms. The molecule has 2 N–H and O–H groups in total. The van der Waals surface area contributed by atoms with Gasteiger partial charge in [0.05, 0.1) is 18.3 Å². The van der Waals surface area contributed by atoms with Crippen molar-refractivity contribution in [3.05, 3.63) is 18.0 Å². The summed E-state index contributed by atoms with van der Waals surface area (Å²) in [5.74, 6) is 0.873. The number of aryl methyl sites for hydroxylation is 1. The normalized spacial score (nSPS) is 26.3. The first-order chi connectivity index (χ1) is 11.2. The highest BCUT2D eigenvalue weighted by molar-refractivity contribution is 5.80. The van der Waals surface area contributed by atoms with Crippen LogP contribution in [0.4, 0.5) is 0 Å². The van der Waals surface area contributed by atoms with Crippen molar-refractivity contribution in [1.82, 2.24) is 20.4 Å². The van der Waals surface area contributed by atoms with Gasteiger partial charge in [-0.15, -0.1) is 0 Å². The molecular formula is C17H29N5O. The molecule has 2 aliphatic carbocycles. The number of aliphatic imine (C=N–C) groups is 1. The van der Waals surface area contributed by atoms with Crippen molar-refractivity contribution >= 4 is 5.96 Å². The topological polar surface area (TPSA) is 63.5 Å². The van der Waals surface area contributed by atoms with Gasteiger partial charge in [0.1, 0.15) is 0 Å². The van der Waals surface area contributed by atoms with Crippen LogP contribution in [0.5, 0.6) is 0 Å². The zero-order chi connectivity index (χ0) is 16.3. The fraction of sp³-hybridized carbons (Fsp3) is 0.765. The standard InChI is InChI=1S/C17H29N5O/c1-4-23-15-11-14(17(15)8-5-6-9-17)21-16(18-2)19-12-13-7-10-20-22(13)3/h7,10,14-15H,4-6,8-9,11-12H2,1-3H3,(H2,18,19,21). The van der Waals surface area contributed by atoms with E-state index in [0.29, 0.717) is 17.6 Å². The molecule has 1 aromatic rings. The molecule has 0 aliphatic heterocycles. The van der Waals surface area contributed by atoms with Gasteiger partial charge < -0.3 is 15.4 Å². The smallest absolute Gasteiger partial charge is 0.191 e. The molecule has 1 heterocycles. The number of guanidine groups is 1. The van der Waals surface area contributed by atoms with E-state index in [4.69, 9.17) is 4.74 Å². The summed E-state index contributed by atoms with van der Waals surface area (Å²) in [5.41, 5.74) is 1.46. The quantitative estimate of drug-likeness (QED) is 0.642. The van der Waals surface area contributed by atoms with Gasteiger partial charge in [0.25, 0.3) is 0 Å². The van der Waals surface area contributed by atoms with Crippen LogP contribution in [0.1, 0.15) is 44.7 Å². The number of nitrogens with one attached hydrogen (secondary N) is 2. The molecule has 2 unspecified atom stereocenters. The molecule has 128 valence electrons. The van der Waals surface area contributed by atoms with Crippen molar-refractivity contribution in [2.45, 2.75) is 57.7 Å². The predicted octanol–water partition coefficient (Wildman–Crippen LogP) is 1.82. The first kappa shape index (κ1) is 16.3. The van der Waals surface area contributed by atoms with E-state index >= 15 is 0 Å². The Morgan fingerprint density at radius 3 is 2.87 bits per heavy atom. The second kappa shape index (κ2) is 6.91. The lowest BCUT2D eigenvalue weighted by atomic mass is 9.60. The largest absolute Gasteiger partial charge is 0.378 e. The summed E-state index contributed by atoms with van der Waals surface area (Å²) in [6.45, 7) is 3.63. The monoisotopic (exact) mass is 319 g/mol. The summed E-state index contributed by atoms with van der Waals surface area (Å²) < 4.78 is 7.87. The van der Waals surface area contributed by atoms with E-state index in [9.17, 15) is 0 Å². The van der Waals surface area contributed by atoms with Crippen molar-refractivity contribution in [2.75, 3.05) is 13.7 Å². The maximum absolute atomic E-state index is 5.98. The average molecular weight is 319 g/mol. The minimum Gasteiger partial charge on any atom is -0.378 e.